The standard InChI is InChI=1S/C9H13ClN2OS/c1-8-2-4-11-9(12-8)14-7-6-13-5-3-10/h2,4H,3,5-7H2,1H3. The molecule has 3 nitrogen and oxygen atoms in total. The number of aromatic nitrogens is 2. The van der Waals surface area contributed by atoms with Gasteiger partial charge >= 0.3 is 0 Å². The zero-order valence-electron chi connectivity index (χ0n) is 8.07. The Hall–Kier alpha value is -0.320. The van der Waals surface area contributed by atoms with Crippen molar-refractivity contribution in [2.45, 2.75) is 12.1 Å². The van der Waals surface area contributed by atoms with Crippen molar-refractivity contribution in [3.05, 3.63) is 18.0 Å². The number of thioether (sulfide) groups is 1. The Morgan fingerprint density at radius 2 is 2.36 bits per heavy atom. The van der Waals surface area contributed by atoms with Crippen LogP contribution in [0, 0.1) is 6.92 Å². The molecule has 0 unspecified atom stereocenters. The van der Waals surface area contributed by atoms with Gasteiger partial charge in [0.2, 0.25) is 0 Å². The average molecular weight is 233 g/mol. The van der Waals surface area contributed by atoms with Crippen molar-refractivity contribution in [1.29, 1.82) is 0 Å². The molecule has 0 radical (unpaired) electrons. The Labute approximate surface area is 93.2 Å². The molecule has 0 aromatic carbocycles. The van der Waals surface area contributed by atoms with Crippen molar-refractivity contribution in [2.24, 2.45) is 0 Å². The van der Waals surface area contributed by atoms with Gasteiger partial charge in [-0.1, -0.05) is 11.8 Å². The Morgan fingerprint density at radius 1 is 1.50 bits per heavy atom. The average Bonchev–Trinajstić information content (AvgIpc) is 2.18. The highest BCUT2D eigenvalue weighted by Gasteiger charge is 1.97. The zero-order chi connectivity index (χ0) is 10.2. The van der Waals surface area contributed by atoms with E-state index < -0.39 is 0 Å². The van der Waals surface area contributed by atoms with E-state index in [9.17, 15) is 0 Å². The van der Waals surface area contributed by atoms with Crippen LogP contribution in [-0.4, -0.2) is 34.8 Å². The van der Waals surface area contributed by atoms with Crippen LogP contribution in [0.3, 0.4) is 0 Å². The van der Waals surface area contributed by atoms with Crippen LogP contribution in [0.4, 0.5) is 0 Å². The van der Waals surface area contributed by atoms with E-state index in [0.29, 0.717) is 19.1 Å². The minimum Gasteiger partial charge on any atom is -0.379 e. The third-order valence-electron chi connectivity index (χ3n) is 1.45. The summed E-state index contributed by atoms with van der Waals surface area (Å²) in [5.41, 5.74) is 0.990. The monoisotopic (exact) mass is 232 g/mol. The fraction of sp³-hybridized carbons (Fsp3) is 0.556. The quantitative estimate of drug-likeness (QED) is 0.326. The van der Waals surface area contributed by atoms with E-state index in [4.69, 9.17) is 16.3 Å². The maximum Gasteiger partial charge on any atom is 0.187 e. The van der Waals surface area contributed by atoms with Gasteiger partial charge in [-0.25, -0.2) is 9.97 Å². The SMILES string of the molecule is Cc1ccnc(SCCOCCCl)n1. The summed E-state index contributed by atoms with van der Waals surface area (Å²) in [7, 11) is 0. The fourth-order valence-corrected chi connectivity index (χ4v) is 1.68. The first-order chi connectivity index (χ1) is 6.83. The smallest absolute Gasteiger partial charge is 0.187 e. The van der Waals surface area contributed by atoms with Crippen molar-refractivity contribution >= 4 is 23.4 Å². The third-order valence-corrected chi connectivity index (χ3v) is 2.43. The van der Waals surface area contributed by atoms with Gasteiger partial charge in [0, 0.05) is 23.5 Å². The van der Waals surface area contributed by atoms with E-state index in [-0.39, 0.29) is 0 Å². The molecule has 1 aromatic rings. The third kappa shape index (κ3) is 4.79. The van der Waals surface area contributed by atoms with Crippen LogP contribution >= 0.6 is 23.4 Å². The van der Waals surface area contributed by atoms with E-state index in [0.717, 1.165) is 16.6 Å². The fourth-order valence-electron chi connectivity index (χ4n) is 0.844. The zero-order valence-corrected chi connectivity index (χ0v) is 9.64. The van der Waals surface area contributed by atoms with Gasteiger partial charge in [0.1, 0.15) is 0 Å². The molecule has 78 valence electrons. The summed E-state index contributed by atoms with van der Waals surface area (Å²) in [6.07, 6.45) is 1.77. The molecule has 0 amide bonds. The first-order valence-corrected chi connectivity index (χ1v) is 5.91. The van der Waals surface area contributed by atoms with Gasteiger partial charge in [0.15, 0.2) is 5.16 Å². The molecule has 0 aliphatic carbocycles. The van der Waals surface area contributed by atoms with Crippen LogP contribution in [0.1, 0.15) is 5.69 Å². The van der Waals surface area contributed by atoms with E-state index in [1.165, 1.54) is 0 Å². The summed E-state index contributed by atoms with van der Waals surface area (Å²) >= 11 is 7.06. The van der Waals surface area contributed by atoms with Crippen molar-refractivity contribution < 1.29 is 4.74 Å². The van der Waals surface area contributed by atoms with Crippen LogP contribution in [0.25, 0.3) is 0 Å². The lowest BCUT2D eigenvalue weighted by Gasteiger charge is -2.01. The summed E-state index contributed by atoms with van der Waals surface area (Å²) in [5.74, 6) is 1.41. The Kier molecular flexibility index (Phi) is 5.91. The highest BCUT2D eigenvalue weighted by Crippen LogP contribution is 2.11. The molecule has 0 saturated carbocycles. The molecule has 5 heteroatoms. The molecular weight excluding hydrogens is 220 g/mol. The van der Waals surface area contributed by atoms with Crippen LogP contribution in [0.15, 0.2) is 17.4 Å². The second-order valence-corrected chi connectivity index (χ2v) is 4.07. The molecule has 1 aromatic heterocycles. The van der Waals surface area contributed by atoms with E-state index in [1.54, 1.807) is 18.0 Å². The van der Waals surface area contributed by atoms with Gasteiger partial charge in [-0.2, -0.15) is 0 Å². The first kappa shape index (κ1) is 11.8. The number of hydrogen-bond acceptors (Lipinski definition) is 4. The summed E-state index contributed by atoms with van der Waals surface area (Å²) in [4.78, 5) is 8.39. The second-order valence-electron chi connectivity index (χ2n) is 2.63. The van der Waals surface area contributed by atoms with Crippen LogP contribution in [-0.2, 0) is 4.74 Å². The molecular formula is C9H13ClN2OS. The molecule has 0 atom stereocenters. The van der Waals surface area contributed by atoms with Gasteiger partial charge in [0.05, 0.1) is 13.2 Å². The maximum atomic E-state index is 5.46. The molecule has 0 bridgehead atoms. The molecule has 0 spiro atoms. The number of halogens is 1. The summed E-state index contributed by atoms with van der Waals surface area (Å²) in [6.45, 7) is 3.25. The van der Waals surface area contributed by atoms with Gasteiger partial charge in [-0.15, -0.1) is 11.6 Å². The predicted octanol–water partition coefficient (Wildman–Crippen LogP) is 2.13. The lowest BCUT2D eigenvalue weighted by Crippen LogP contribution is -2.00. The van der Waals surface area contributed by atoms with Gasteiger partial charge in [-0.05, 0) is 13.0 Å². The molecule has 0 fully saturated rings. The Morgan fingerprint density at radius 3 is 3.07 bits per heavy atom. The van der Waals surface area contributed by atoms with Crippen molar-refractivity contribution in [3.63, 3.8) is 0 Å². The van der Waals surface area contributed by atoms with Crippen LogP contribution in [0.5, 0.6) is 0 Å². The molecule has 1 rings (SSSR count). The number of ether oxygens (including phenoxy) is 1. The number of rotatable bonds is 6. The van der Waals surface area contributed by atoms with Gasteiger partial charge in [0.25, 0.3) is 0 Å². The summed E-state index contributed by atoms with van der Waals surface area (Å²) in [6, 6.07) is 1.88. The Bertz CT molecular complexity index is 273. The summed E-state index contributed by atoms with van der Waals surface area (Å²) in [5, 5.41) is 0.805. The first-order valence-electron chi connectivity index (χ1n) is 4.39. The van der Waals surface area contributed by atoms with Crippen molar-refractivity contribution in [3.8, 4) is 0 Å². The Balaban J connectivity index is 2.18. The molecule has 0 saturated heterocycles. The molecule has 1 heterocycles. The number of hydrogen-bond donors (Lipinski definition) is 0. The topological polar surface area (TPSA) is 35.0 Å². The number of aryl methyl sites for hydroxylation is 1. The molecule has 0 aliphatic heterocycles. The van der Waals surface area contributed by atoms with Gasteiger partial charge < -0.3 is 4.74 Å². The van der Waals surface area contributed by atoms with E-state index >= 15 is 0 Å². The van der Waals surface area contributed by atoms with Crippen molar-refractivity contribution in [2.75, 3.05) is 24.8 Å². The number of nitrogens with zero attached hydrogens (tertiary/aromatic N) is 2. The van der Waals surface area contributed by atoms with Crippen LogP contribution in [0.2, 0.25) is 0 Å². The molecule has 0 N–H and O–H groups in total. The second kappa shape index (κ2) is 7.04. The largest absolute Gasteiger partial charge is 0.379 e. The normalized spacial score (nSPS) is 10.4. The molecule has 0 aliphatic rings. The van der Waals surface area contributed by atoms with Crippen molar-refractivity contribution in [1.82, 2.24) is 9.97 Å². The van der Waals surface area contributed by atoms with E-state index in [1.807, 2.05) is 13.0 Å². The van der Waals surface area contributed by atoms with Crippen LogP contribution < -0.4 is 0 Å². The van der Waals surface area contributed by atoms with E-state index in [2.05, 4.69) is 9.97 Å². The highest BCUT2D eigenvalue weighted by molar-refractivity contribution is 7.99. The lowest BCUT2D eigenvalue weighted by atomic mass is 10.5. The highest BCUT2D eigenvalue weighted by atomic mass is 35.5. The predicted molar refractivity (Wildman–Crippen MR) is 59.0 cm³/mol. The minimum atomic E-state index is 0.547. The lowest BCUT2D eigenvalue weighted by molar-refractivity contribution is 0.166. The summed E-state index contributed by atoms with van der Waals surface area (Å²) < 4.78 is 5.23. The number of alkyl halides is 1. The maximum absolute atomic E-state index is 5.46. The minimum absolute atomic E-state index is 0.547. The molecule has 14 heavy (non-hydrogen) atoms. The van der Waals surface area contributed by atoms with Gasteiger partial charge in [-0.3, -0.25) is 0 Å².